The number of ether oxygens (including phenoxy) is 1. The van der Waals surface area contributed by atoms with Crippen molar-refractivity contribution in [1.82, 2.24) is 5.32 Å². The van der Waals surface area contributed by atoms with Crippen molar-refractivity contribution in [3.05, 3.63) is 24.3 Å². The van der Waals surface area contributed by atoms with Crippen molar-refractivity contribution in [1.29, 1.82) is 0 Å². The summed E-state index contributed by atoms with van der Waals surface area (Å²) in [6, 6.07) is -0.539. The van der Waals surface area contributed by atoms with Crippen LogP contribution in [0.15, 0.2) is 24.3 Å². The van der Waals surface area contributed by atoms with E-state index in [-0.39, 0.29) is 18.5 Å². The van der Waals surface area contributed by atoms with Crippen LogP contribution in [0.25, 0.3) is 0 Å². The van der Waals surface area contributed by atoms with E-state index < -0.39 is 12.1 Å². The monoisotopic (exact) mass is 1280 g/mol. The molecule has 2 atom stereocenters. The summed E-state index contributed by atoms with van der Waals surface area (Å²) in [5.74, 6) is -0.00393. The number of aliphatic hydroxyl groups is 2. The minimum Gasteiger partial charge on any atom is -0.466 e. The van der Waals surface area contributed by atoms with Crippen molar-refractivity contribution in [2.24, 2.45) is 0 Å². The van der Waals surface area contributed by atoms with Crippen molar-refractivity contribution >= 4 is 11.9 Å². The van der Waals surface area contributed by atoms with Gasteiger partial charge >= 0.3 is 5.97 Å². The second kappa shape index (κ2) is 80.8. The number of allylic oxidation sites excluding steroid dienone is 4. The van der Waals surface area contributed by atoms with Crippen LogP contribution in [0, 0.1) is 0 Å². The second-order valence-corrected chi connectivity index (χ2v) is 29.2. The summed E-state index contributed by atoms with van der Waals surface area (Å²) in [7, 11) is 0. The van der Waals surface area contributed by atoms with Gasteiger partial charge in [0.05, 0.1) is 25.4 Å². The third-order valence-electron chi connectivity index (χ3n) is 20.0. The molecular weight excluding hydrogens is 1110 g/mol. The van der Waals surface area contributed by atoms with Crippen LogP contribution in [0.5, 0.6) is 0 Å². The van der Waals surface area contributed by atoms with Crippen LogP contribution in [0.3, 0.4) is 0 Å². The van der Waals surface area contributed by atoms with Crippen molar-refractivity contribution in [3.8, 4) is 0 Å². The van der Waals surface area contributed by atoms with Crippen LogP contribution in [0.1, 0.15) is 483 Å². The number of esters is 1. The topological polar surface area (TPSA) is 95.9 Å². The summed E-state index contributed by atoms with van der Waals surface area (Å²) < 4.78 is 5.52. The van der Waals surface area contributed by atoms with E-state index in [1.54, 1.807) is 0 Å². The quantitative estimate of drug-likeness (QED) is 0.0320. The van der Waals surface area contributed by atoms with Crippen LogP contribution in [-0.4, -0.2) is 47.4 Å². The SMILES string of the molecule is CCCCCCCC/C=C\CCCCCCCCCCCC(=O)OCCCCCCCCCCCCCCCCCC/C=C\CCCCCCCCCCCCCCCCCCCC(=O)NC(CO)C(O)CCCCCCCCCCCCCCCCCCCC. The molecule has 0 rings (SSSR count). The van der Waals surface area contributed by atoms with Crippen LogP contribution in [-0.2, 0) is 14.3 Å². The van der Waals surface area contributed by atoms with Crippen LogP contribution in [0.2, 0.25) is 0 Å². The molecule has 0 heterocycles. The molecule has 0 fully saturated rings. The van der Waals surface area contributed by atoms with Crippen LogP contribution >= 0.6 is 0 Å². The number of hydrogen-bond acceptors (Lipinski definition) is 5. The molecule has 0 radical (unpaired) electrons. The lowest BCUT2D eigenvalue weighted by molar-refractivity contribution is -0.143. The zero-order chi connectivity index (χ0) is 65.6. The molecule has 3 N–H and O–H groups in total. The highest BCUT2D eigenvalue weighted by molar-refractivity contribution is 5.76. The van der Waals surface area contributed by atoms with Gasteiger partial charge in [0.2, 0.25) is 5.91 Å². The van der Waals surface area contributed by atoms with E-state index in [1.807, 2.05) is 0 Å². The Balaban J connectivity index is 3.32. The third-order valence-corrected chi connectivity index (χ3v) is 20.0. The number of carbonyl (C=O) groups excluding carboxylic acids is 2. The maximum absolute atomic E-state index is 12.6. The maximum atomic E-state index is 12.6. The van der Waals surface area contributed by atoms with Gasteiger partial charge in [0, 0.05) is 12.8 Å². The summed E-state index contributed by atoms with van der Waals surface area (Å²) >= 11 is 0. The average molecular weight is 1280 g/mol. The van der Waals surface area contributed by atoms with Gasteiger partial charge in [-0.25, -0.2) is 0 Å². The molecule has 0 aliphatic heterocycles. The average Bonchev–Trinajstić information content (AvgIpc) is 3.65. The molecule has 0 bridgehead atoms. The Kier molecular flexibility index (Phi) is 79.3. The Morgan fingerprint density at radius 2 is 0.516 bits per heavy atom. The lowest BCUT2D eigenvalue weighted by Gasteiger charge is -2.22. The first-order valence-corrected chi connectivity index (χ1v) is 42.1. The van der Waals surface area contributed by atoms with E-state index in [4.69, 9.17) is 4.74 Å². The Morgan fingerprint density at radius 1 is 0.297 bits per heavy atom. The van der Waals surface area contributed by atoms with E-state index in [1.165, 1.54) is 411 Å². The third kappa shape index (κ3) is 77.2. The molecule has 2 unspecified atom stereocenters. The first-order chi connectivity index (χ1) is 45.0. The fourth-order valence-corrected chi connectivity index (χ4v) is 13.6. The molecule has 0 aromatic rings. The van der Waals surface area contributed by atoms with Crippen molar-refractivity contribution in [2.75, 3.05) is 13.2 Å². The lowest BCUT2D eigenvalue weighted by Crippen LogP contribution is -2.45. The summed E-state index contributed by atoms with van der Waals surface area (Å²) in [5, 5.41) is 23.4. The molecule has 6 nitrogen and oxygen atoms in total. The molecular formula is C85H165NO5. The van der Waals surface area contributed by atoms with Gasteiger partial charge in [-0.3, -0.25) is 9.59 Å². The van der Waals surface area contributed by atoms with Gasteiger partial charge in [-0.15, -0.1) is 0 Å². The fraction of sp³-hybridized carbons (Fsp3) is 0.929. The largest absolute Gasteiger partial charge is 0.466 e. The number of rotatable bonds is 80. The van der Waals surface area contributed by atoms with E-state index in [0.717, 1.165) is 38.5 Å². The maximum Gasteiger partial charge on any atom is 0.305 e. The molecule has 1 amide bonds. The minimum absolute atomic E-state index is 0.0222. The number of carbonyl (C=O) groups is 2. The van der Waals surface area contributed by atoms with Crippen molar-refractivity contribution < 1.29 is 24.5 Å². The summed E-state index contributed by atoms with van der Waals surface area (Å²) in [4.78, 5) is 24.7. The highest BCUT2D eigenvalue weighted by Crippen LogP contribution is 2.20. The summed E-state index contributed by atoms with van der Waals surface area (Å²) in [5.41, 5.74) is 0. The fourth-order valence-electron chi connectivity index (χ4n) is 13.6. The van der Waals surface area contributed by atoms with Gasteiger partial charge in [-0.1, -0.05) is 417 Å². The van der Waals surface area contributed by atoms with E-state index in [9.17, 15) is 19.8 Å². The van der Waals surface area contributed by atoms with Gasteiger partial charge in [0.25, 0.3) is 0 Å². The Bertz CT molecular complexity index is 1430. The smallest absolute Gasteiger partial charge is 0.305 e. The van der Waals surface area contributed by atoms with Crippen LogP contribution < -0.4 is 5.32 Å². The van der Waals surface area contributed by atoms with E-state index in [0.29, 0.717) is 25.9 Å². The van der Waals surface area contributed by atoms with Gasteiger partial charge in [-0.05, 0) is 77.0 Å². The van der Waals surface area contributed by atoms with Crippen molar-refractivity contribution in [3.63, 3.8) is 0 Å². The predicted molar refractivity (Wildman–Crippen MR) is 403 cm³/mol. The van der Waals surface area contributed by atoms with E-state index in [2.05, 4.69) is 43.5 Å². The first-order valence-electron chi connectivity index (χ1n) is 42.1. The Morgan fingerprint density at radius 3 is 0.780 bits per heavy atom. The lowest BCUT2D eigenvalue weighted by atomic mass is 10.0. The minimum atomic E-state index is -0.662. The molecule has 6 heteroatoms. The highest BCUT2D eigenvalue weighted by Gasteiger charge is 2.20. The Hall–Kier alpha value is -1.66. The molecule has 0 aliphatic rings. The van der Waals surface area contributed by atoms with E-state index >= 15 is 0 Å². The molecule has 0 aliphatic carbocycles. The first kappa shape index (κ1) is 89.3. The number of hydrogen-bond donors (Lipinski definition) is 3. The van der Waals surface area contributed by atoms with Crippen LogP contribution in [0.4, 0.5) is 0 Å². The van der Waals surface area contributed by atoms with Gasteiger partial charge in [0.15, 0.2) is 0 Å². The molecule has 91 heavy (non-hydrogen) atoms. The molecule has 0 saturated heterocycles. The standard InChI is InChI=1S/C85H165NO5/c1-3-5-7-9-11-13-15-17-19-21-42-47-51-55-59-63-67-71-75-79-85(90)91-80-76-72-68-64-60-56-52-48-44-41-39-37-35-33-31-29-27-25-23-24-26-28-30-32-34-36-38-40-43-46-50-54-58-62-66-70-74-78-84(89)86-82(81-87)83(88)77-73-69-65-61-57-53-49-45-22-20-18-16-14-12-10-8-6-4-2/h17,19,23,25,82-83,87-88H,3-16,18,20-22,24,26-81H2,1-2H3,(H,86,89)/b19-17-,25-23-. The molecule has 0 saturated carbocycles. The predicted octanol–water partition coefficient (Wildman–Crippen LogP) is 28.0. The summed E-state index contributed by atoms with van der Waals surface area (Å²) in [6.07, 6.45) is 104. The molecule has 540 valence electrons. The molecule has 0 spiro atoms. The van der Waals surface area contributed by atoms with Gasteiger partial charge in [-0.2, -0.15) is 0 Å². The highest BCUT2D eigenvalue weighted by atomic mass is 16.5. The number of aliphatic hydroxyl groups excluding tert-OH is 2. The second-order valence-electron chi connectivity index (χ2n) is 29.2. The molecule has 0 aromatic carbocycles. The number of unbranched alkanes of at least 4 members (excludes halogenated alkanes) is 65. The number of amides is 1. The molecule has 0 aromatic heterocycles. The Labute approximate surface area is 571 Å². The normalized spacial score (nSPS) is 12.5. The van der Waals surface area contributed by atoms with Crippen molar-refractivity contribution in [2.45, 2.75) is 495 Å². The zero-order valence-electron chi connectivity index (χ0n) is 62.1. The zero-order valence-corrected chi connectivity index (χ0v) is 62.1. The summed E-state index contributed by atoms with van der Waals surface area (Å²) in [6.45, 7) is 5.01. The van der Waals surface area contributed by atoms with Gasteiger partial charge < -0.3 is 20.3 Å². The van der Waals surface area contributed by atoms with Gasteiger partial charge in [0.1, 0.15) is 0 Å². The number of nitrogens with one attached hydrogen (secondary N) is 1.